The van der Waals surface area contributed by atoms with Gasteiger partial charge in [0.25, 0.3) is 5.70 Å². The maximum atomic E-state index is 14.2. The van der Waals surface area contributed by atoms with Crippen LogP contribution in [0.2, 0.25) is 0 Å². The van der Waals surface area contributed by atoms with Crippen LogP contribution >= 0.6 is 0 Å². The molecule has 1 heterocycles. The van der Waals surface area contributed by atoms with Crippen LogP contribution in [0.25, 0.3) is 16.8 Å². The predicted molar refractivity (Wildman–Crippen MR) is 95.2 cm³/mol. The van der Waals surface area contributed by atoms with Gasteiger partial charge in [0.05, 0.1) is 12.0 Å². The van der Waals surface area contributed by atoms with E-state index in [4.69, 9.17) is 9.47 Å². The van der Waals surface area contributed by atoms with Gasteiger partial charge in [-0.3, -0.25) is 10.1 Å². The topological polar surface area (TPSA) is 61.6 Å². The van der Waals surface area contributed by atoms with Gasteiger partial charge in [-0.05, 0) is 41.1 Å². The summed E-state index contributed by atoms with van der Waals surface area (Å²) in [5.74, 6) is -2.96. The molecule has 1 aliphatic rings. The van der Waals surface area contributed by atoms with Crippen molar-refractivity contribution < 1.29 is 27.6 Å². The summed E-state index contributed by atoms with van der Waals surface area (Å²) >= 11 is 0. The molecule has 0 amide bonds. The number of ether oxygens (including phenoxy) is 2. The summed E-state index contributed by atoms with van der Waals surface area (Å²) < 4.78 is 51.9. The zero-order chi connectivity index (χ0) is 20.0. The van der Waals surface area contributed by atoms with Crippen molar-refractivity contribution in [2.24, 2.45) is 0 Å². The second-order valence-corrected chi connectivity index (χ2v) is 6.18. The summed E-state index contributed by atoms with van der Waals surface area (Å²) in [6, 6.07) is 9.40. The maximum absolute atomic E-state index is 14.2. The Kier molecular flexibility index (Phi) is 4.18. The standard InChI is InChI=1S/C20H12F3NO4/c1-27-11-3-4-12-10(6-11)2-5-19-13(12)8-18(24(25)26)20(28-19)14-7-16(22)17(23)9-15(14)21/h2-9,20H,1H3/t20-/m1/s1. The summed E-state index contributed by atoms with van der Waals surface area (Å²) in [6.07, 6.45) is -0.257. The van der Waals surface area contributed by atoms with Gasteiger partial charge in [-0.1, -0.05) is 6.07 Å². The SMILES string of the molecule is COc1ccc2c3c(ccc2c1)O[C@H](c1cc(F)c(F)cc1F)C([N+](=O)[O-])=C3. The summed E-state index contributed by atoms with van der Waals surface area (Å²) in [5, 5.41) is 13.0. The molecule has 3 aromatic rings. The Morgan fingerprint density at radius 3 is 2.50 bits per heavy atom. The highest BCUT2D eigenvalue weighted by atomic mass is 19.2. The van der Waals surface area contributed by atoms with Crippen LogP contribution in [0.15, 0.2) is 48.2 Å². The smallest absolute Gasteiger partial charge is 0.291 e. The fourth-order valence-corrected chi connectivity index (χ4v) is 3.21. The monoisotopic (exact) mass is 387 g/mol. The first kappa shape index (κ1) is 17.8. The van der Waals surface area contributed by atoms with E-state index in [0.717, 1.165) is 5.39 Å². The lowest BCUT2D eigenvalue weighted by molar-refractivity contribution is -0.434. The van der Waals surface area contributed by atoms with Crippen molar-refractivity contribution in [2.45, 2.75) is 6.10 Å². The molecule has 142 valence electrons. The Morgan fingerprint density at radius 1 is 1.04 bits per heavy atom. The van der Waals surface area contributed by atoms with Gasteiger partial charge in [-0.25, -0.2) is 13.2 Å². The van der Waals surface area contributed by atoms with Gasteiger partial charge in [0.1, 0.15) is 17.3 Å². The molecule has 0 aromatic heterocycles. The summed E-state index contributed by atoms with van der Waals surface area (Å²) in [5.41, 5.74) is -0.505. The summed E-state index contributed by atoms with van der Waals surface area (Å²) in [7, 11) is 1.52. The van der Waals surface area contributed by atoms with E-state index in [2.05, 4.69) is 0 Å². The summed E-state index contributed by atoms with van der Waals surface area (Å²) in [6.45, 7) is 0. The van der Waals surface area contributed by atoms with E-state index in [9.17, 15) is 23.3 Å². The molecule has 0 saturated heterocycles. The van der Waals surface area contributed by atoms with Gasteiger partial charge < -0.3 is 9.47 Å². The third kappa shape index (κ3) is 2.83. The lowest BCUT2D eigenvalue weighted by Crippen LogP contribution is -2.21. The second kappa shape index (κ2) is 6.56. The minimum absolute atomic E-state index is 0.261. The number of nitrogens with zero attached hydrogens (tertiary/aromatic N) is 1. The molecule has 0 radical (unpaired) electrons. The van der Waals surface area contributed by atoms with E-state index in [1.54, 1.807) is 30.3 Å². The van der Waals surface area contributed by atoms with Gasteiger partial charge in [0.15, 0.2) is 11.6 Å². The molecule has 0 saturated carbocycles. The van der Waals surface area contributed by atoms with Crippen LogP contribution in [0.4, 0.5) is 13.2 Å². The van der Waals surface area contributed by atoms with Crippen LogP contribution < -0.4 is 9.47 Å². The highest BCUT2D eigenvalue weighted by Crippen LogP contribution is 2.42. The van der Waals surface area contributed by atoms with Crippen molar-refractivity contribution in [3.63, 3.8) is 0 Å². The summed E-state index contributed by atoms with van der Waals surface area (Å²) in [4.78, 5) is 10.9. The number of hydrogen-bond donors (Lipinski definition) is 0. The van der Waals surface area contributed by atoms with Crippen molar-refractivity contribution in [2.75, 3.05) is 7.11 Å². The number of hydrogen-bond acceptors (Lipinski definition) is 4. The van der Waals surface area contributed by atoms with Crippen molar-refractivity contribution in [1.29, 1.82) is 0 Å². The lowest BCUT2D eigenvalue weighted by atomic mass is 9.96. The van der Waals surface area contributed by atoms with Gasteiger partial charge in [0.2, 0.25) is 6.10 Å². The quantitative estimate of drug-likeness (QED) is 0.360. The molecule has 0 N–H and O–H groups in total. The average Bonchev–Trinajstić information content (AvgIpc) is 2.69. The first-order valence-corrected chi connectivity index (χ1v) is 8.17. The number of halogens is 3. The fraction of sp³-hybridized carbons (Fsp3) is 0.100. The van der Waals surface area contributed by atoms with Crippen molar-refractivity contribution >= 4 is 16.8 Å². The number of methoxy groups -OCH3 is 1. The zero-order valence-electron chi connectivity index (χ0n) is 14.4. The van der Waals surface area contributed by atoms with Crippen molar-refractivity contribution in [1.82, 2.24) is 0 Å². The van der Waals surface area contributed by atoms with Crippen LogP contribution in [0, 0.1) is 27.6 Å². The van der Waals surface area contributed by atoms with Crippen LogP contribution in [0.3, 0.4) is 0 Å². The molecule has 5 nitrogen and oxygen atoms in total. The molecule has 0 spiro atoms. The first-order chi connectivity index (χ1) is 13.4. The Balaban J connectivity index is 1.90. The number of fused-ring (bicyclic) bond motifs is 3. The molecule has 8 heteroatoms. The van der Waals surface area contributed by atoms with Gasteiger partial charge in [0, 0.05) is 23.3 Å². The van der Waals surface area contributed by atoms with E-state index in [1.807, 2.05) is 0 Å². The minimum atomic E-state index is -1.52. The molecule has 0 unspecified atom stereocenters. The van der Waals surface area contributed by atoms with E-state index in [0.29, 0.717) is 28.8 Å². The highest BCUT2D eigenvalue weighted by molar-refractivity contribution is 5.94. The molecule has 0 aliphatic carbocycles. The van der Waals surface area contributed by atoms with Crippen LogP contribution in [0.1, 0.15) is 17.2 Å². The molecule has 3 aromatic carbocycles. The van der Waals surface area contributed by atoms with Crippen LogP contribution in [0.5, 0.6) is 11.5 Å². The molecular formula is C20H12F3NO4. The predicted octanol–water partition coefficient (Wildman–Crippen LogP) is 5.02. The lowest BCUT2D eigenvalue weighted by Gasteiger charge is -2.24. The number of rotatable bonds is 3. The molecular weight excluding hydrogens is 375 g/mol. The molecule has 4 rings (SSSR count). The maximum Gasteiger partial charge on any atom is 0.291 e. The van der Waals surface area contributed by atoms with Crippen molar-refractivity contribution in [3.05, 3.63) is 86.9 Å². The van der Waals surface area contributed by atoms with E-state index in [-0.39, 0.29) is 5.75 Å². The van der Waals surface area contributed by atoms with E-state index < -0.39 is 39.7 Å². The van der Waals surface area contributed by atoms with Crippen LogP contribution in [-0.2, 0) is 0 Å². The number of benzene rings is 3. The third-order valence-corrected chi connectivity index (χ3v) is 4.57. The highest BCUT2D eigenvalue weighted by Gasteiger charge is 2.36. The van der Waals surface area contributed by atoms with Gasteiger partial charge in [-0.2, -0.15) is 0 Å². The largest absolute Gasteiger partial charge is 0.497 e. The zero-order valence-corrected chi connectivity index (χ0v) is 14.4. The van der Waals surface area contributed by atoms with Crippen LogP contribution in [-0.4, -0.2) is 12.0 Å². The Morgan fingerprint density at radius 2 is 1.79 bits per heavy atom. The molecule has 0 bridgehead atoms. The fourth-order valence-electron chi connectivity index (χ4n) is 3.21. The molecule has 1 aliphatic heterocycles. The Labute approximate surface area is 156 Å². The number of nitro groups is 1. The average molecular weight is 387 g/mol. The molecule has 28 heavy (non-hydrogen) atoms. The Bertz CT molecular complexity index is 1160. The van der Waals surface area contributed by atoms with E-state index in [1.165, 1.54) is 13.2 Å². The minimum Gasteiger partial charge on any atom is -0.497 e. The van der Waals surface area contributed by atoms with E-state index >= 15 is 0 Å². The second-order valence-electron chi connectivity index (χ2n) is 6.18. The third-order valence-electron chi connectivity index (χ3n) is 4.57. The Hall–Kier alpha value is -3.55. The van der Waals surface area contributed by atoms with Gasteiger partial charge >= 0.3 is 0 Å². The molecule has 0 fully saturated rings. The first-order valence-electron chi connectivity index (χ1n) is 8.17. The van der Waals surface area contributed by atoms with Crippen molar-refractivity contribution in [3.8, 4) is 11.5 Å². The molecule has 1 atom stereocenters. The normalized spacial score (nSPS) is 15.6. The van der Waals surface area contributed by atoms with Gasteiger partial charge in [-0.15, -0.1) is 0 Å².